The van der Waals surface area contributed by atoms with Crippen LogP contribution in [-0.2, 0) is 4.74 Å². The first-order valence-electron chi connectivity index (χ1n) is 5.92. The lowest BCUT2D eigenvalue weighted by Crippen LogP contribution is -2.53. The van der Waals surface area contributed by atoms with Gasteiger partial charge in [-0.15, -0.1) is 0 Å². The fraction of sp³-hybridized carbons (Fsp3) is 1.00. The largest absolute Gasteiger partial charge is 0.389 e. The van der Waals surface area contributed by atoms with Gasteiger partial charge in [0, 0.05) is 12.5 Å². The quantitative estimate of drug-likeness (QED) is 0.737. The van der Waals surface area contributed by atoms with Crippen molar-refractivity contribution < 1.29 is 9.84 Å². The van der Waals surface area contributed by atoms with Crippen LogP contribution in [0.25, 0.3) is 0 Å². The highest BCUT2D eigenvalue weighted by molar-refractivity contribution is 5.00. The van der Waals surface area contributed by atoms with Crippen LogP contribution in [0, 0.1) is 17.8 Å². The highest BCUT2D eigenvalue weighted by atomic mass is 16.5. The van der Waals surface area contributed by atoms with Crippen LogP contribution >= 0.6 is 0 Å². The molecule has 82 valence electrons. The predicted octanol–water partition coefficient (Wildman–Crippen LogP) is 2.21. The van der Waals surface area contributed by atoms with Gasteiger partial charge in [-0.2, -0.15) is 0 Å². The molecule has 2 nitrogen and oxygen atoms in total. The van der Waals surface area contributed by atoms with Crippen LogP contribution in [0.15, 0.2) is 0 Å². The summed E-state index contributed by atoms with van der Waals surface area (Å²) < 4.78 is 5.44. The zero-order chi connectivity index (χ0) is 10.2. The van der Waals surface area contributed by atoms with E-state index >= 15 is 0 Å². The fourth-order valence-corrected chi connectivity index (χ4v) is 2.82. The molecule has 1 heterocycles. The van der Waals surface area contributed by atoms with Gasteiger partial charge in [-0.25, -0.2) is 0 Å². The minimum absolute atomic E-state index is 0.380. The van der Waals surface area contributed by atoms with E-state index in [1.165, 1.54) is 0 Å². The fourth-order valence-electron chi connectivity index (χ4n) is 2.82. The molecule has 0 amide bonds. The number of hydrogen-bond acceptors (Lipinski definition) is 2. The minimum Gasteiger partial charge on any atom is -0.389 e. The molecule has 2 heteroatoms. The normalized spacial score (nSPS) is 43.7. The van der Waals surface area contributed by atoms with E-state index < -0.39 is 0 Å². The average molecular weight is 198 g/mol. The SMILES string of the molecule is CC(C)C1CC(O)(C2CCCOC2)C1. The van der Waals surface area contributed by atoms with Gasteiger partial charge in [-0.05, 0) is 37.5 Å². The second-order valence-corrected chi connectivity index (χ2v) is 5.43. The number of aliphatic hydroxyl groups is 1. The lowest BCUT2D eigenvalue weighted by atomic mass is 9.60. The Bertz CT molecular complexity index is 188. The third-order valence-electron chi connectivity index (χ3n) is 4.09. The zero-order valence-electron chi connectivity index (χ0n) is 9.33. The monoisotopic (exact) mass is 198 g/mol. The second kappa shape index (κ2) is 3.82. The maximum atomic E-state index is 10.4. The second-order valence-electron chi connectivity index (χ2n) is 5.43. The van der Waals surface area contributed by atoms with Crippen molar-refractivity contribution in [3.63, 3.8) is 0 Å². The molecular formula is C12H22O2. The summed E-state index contributed by atoms with van der Waals surface area (Å²) in [5, 5.41) is 10.4. The molecule has 0 spiro atoms. The van der Waals surface area contributed by atoms with Crippen LogP contribution in [0.4, 0.5) is 0 Å². The average Bonchev–Trinajstić information content (AvgIpc) is 2.14. The van der Waals surface area contributed by atoms with Gasteiger partial charge < -0.3 is 9.84 Å². The molecule has 2 fully saturated rings. The molecule has 0 aromatic heterocycles. The van der Waals surface area contributed by atoms with Crippen molar-refractivity contribution in [3.8, 4) is 0 Å². The van der Waals surface area contributed by atoms with Gasteiger partial charge in [0.05, 0.1) is 12.2 Å². The summed E-state index contributed by atoms with van der Waals surface area (Å²) >= 11 is 0. The first-order chi connectivity index (χ1) is 6.62. The molecule has 1 saturated carbocycles. The molecule has 0 radical (unpaired) electrons. The summed E-state index contributed by atoms with van der Waals surface area (Å²) in [5.74, 6) is 1.87. The number of rotatable bonds is 2. The summed E-state index contributed by atoms with van der Waals surface area (Å²) in [6.45, 7) is 6.17. The van der Waals surface area contributed by atoms with E-state index in [1.807, 2.05) is 0 Å². The molecule has 1 aliphatic carbocycles. The first-order valence-corrected chi connectivity index (χ1v) is 5.92. The molecule has 1 saturated heterocycles. The molecule has 2 aliphatic rings. The van der Waals surface area contributed by atoms with Gasteiger partial charge in [0.15, 0.2) is 0 Å². The van der Waals surface area contributed by atoms with Crippen molar-refractivity contribution in [1.82, 2.24) is 0 Å². The molecular weight excluding hydrogens is 176 g/mol. The Kier molecular flexibility index (Phi) is 2.85. The highest BCUT2D eigenvalue weighted by Crippen LogP contribution is 2.48. The maximum absolute atomic E-state index is 10.4. The molecule has 2 rings (SSSR count). The molecule has 1 aliphatic heterocycles. The lowest BCUT2D eigenvalue weighted by molar-refractivity contribution is -0.157. The van der Waals surface area contributed by atoms with Crippen LogP contribution in [0.1, 0.15) is 39.5 Å². The highest BCUT2D eigenvalue weighted by Gasteiger charge is 2.49. The molecule has 0 aromatic carbocycles. The smallest absolute Gasteiger partial charge is 0.0703 e. The maximum Gasteiger partial charge on any atom is 0.0703 e. The van der Waals surface area contributed by atoms with Gasteiger partial charge >= 0.3 is 0 Å². The van der Waals surface area contributed by atoms with Crippen molar-refractivity contribution in [1.29, 1.82) is 0 Å². The summed E-state index contributed by atoms with van der Waals surface area (Å²) in [6, 6.07) is 0. The van der Waals surface area contributed by atoms with Crippen molar-refractivity contribution in [2.24, 2.45) is 17.8 Å². The van der Waals surface area contributed by atoms with Crippen molar-refractivity contribution in [2.75, 3.05) is 13.2 Å². The van der Waals surface area contributed by atoms with Gasteiger partial charge in [0.1, 0.15) is 0 Å². The Balaban J connectivity index is 1.86. The van der Waals surface area contributed by atoms with E-state index in [9.17, 15) is 5.11 Å². The van der Waals surface area contributed by atoms with Crippen LogP contribution in [0.5, 0.6) is 0 Å². The zero-order valence-corrected chi connectivity index (χ0v) is 9.33. The van der Waals surface area contributed by atoms with E-state index in [0.29, 0.717) is 5.92 Å². The Labute approximate surface area is 86.6 Å². The Morgan fingerprint density at radius 1 is 1.36 bits per heavy atom. The van der Waals surface area contributed by atoms with Crippen LogP contribution in [0.3, 0.4) is 0 Å². The lowest BCUT2D eigenvalue weighted by Gasteiger charge is -2.51. The van der Waals surface area contributed by atoms with Gasteiger partial charge in [0.2, 0.25) is 0 Å². The van der Waals surface area contributed by atoms with Crippen LogP contribution < -0.4 is 0 Å². The van der Waals surface area contributed by atoms with Crippen molar-refractivity contribution >= 4 is 0 Å². The molecule has 1 N–H and O–H groups in total. The molecule has 1 atom stereocenters. The van der Waals surface area contributed by atoms with Crippen molar-refractivity contribution in [2.45, 2.75) is 45.1 Å². The summed E-state index contributed by atoms with van der Waals surface area (Å²) in [5.41, 5.74) is -0.380. The molecule has 14 heavy (non-hydrogen) atoms. The summed E-state index contributed by atoms with van der Waals surface area (Å²) in [6.07, 6.45) is 4.28. The van der Waals surface area contributed by atoms with E-state index in [0.717, 1.165) is 50.7 Å². The molecule has 0 bridgehead atoms. The standard InChI is InChI=1S/C12H22O2/c1-9(2)10-6-12(13,7-10)11-4-3-5-14-8-11/h9-11,13H,3-8H2,1-2H3. The number of ether oxygens (including phenoxy) is 1. The summed E-state index contributed by atoms with van der Waals surface area (Å²) in [4.78, 5) is 0. The van der Waals surface area contributed by atoms with Crippen molar-refractivity contribution in [3.05, 3.63) is 0 Å². The predicted molar refractivity (Wildman–Crippen MR) is 56.1 cm³/mol. The summed E-state index contributed by atoms with van der Waals surface area (Å²) in [7, 11) is 0. The first kappa shape index (κ1) is 10.4. The molecule has 0 aromatic rings. The van der Waals surface area contributed by atoms with E-state index in [-0.39, 0.29) is 5.60 Å². The van der Waals surface area contributed by atoms with E-state index in [1.54, 1.807) is 0 Å². The minimum atomic E-state index is -0.380. The number of hydrogen-bond donors (Lipinski definition) is 1. The van der Waals surface area contributed by atoms with Gasteiger partial charge in [-0.1, -0.05) is 13.8 Å². The third kappa shape index (κ3) is 1.82. The van der Waals surface area contributed by atoms with Crippen LogP contribution in [0.2, 0.25) is 0 Å². The van der Waals surface area contributed by atoms with E-state index in [4.69, 9.17) is 4.74 Å². The Hall–Kier alpha value is -0.0800. The Morgan fingerprint density at radius 3 is 2.57 bits per heavy atom. The third-order valence-corrected chi connectivity index (χ3v) is 4.09. The van der Waals surface area contributed by atoms with Gasteiger partial charge in [0.25, 0.3) is 0 Å². The van der Waals surface area contributed by atoms with Crippen LogP contribution in [-0.4, -0.2) is 23.9 Å². The van der Waals surface area contributed by atoms with E-state index in [2.05, 4.69) is 13.8 Å². The molecule has 1 unspecified atom stereocenters. The topological polar surface area (TPSA) is 29.5 Å². The van der Waals surface area contributed by atoms with Gasteiger partial charge in [-0.3, -0.25) is 0 Å². The Morgan fingerprint density at radius 2 is 2.07 bits per heavy atom.